The predicted molar refractivity (Wildman–Crippen MR) is 47.7 cm³/mol. The first-order chi connectivity index (χ1) is 6.60. The van der Waals surface area contributed by atoms with Crippen LogP contribution in [0.5, 0.6) is 0 Å². The van der Waals surface area contributed by atoms with Gasteiger partial charge < -0.3 is 5.11 Å². The molecule has 0 aliphatic rings. The third-order valence-electron chi connectivity index (χ3n) is 1.71. The zero-order valence-corrected chi connectivity index (χ0v) is 8.56. The van der Waals surface area contributed by atoms with Crippen LogP contribution in [0.15, 0.2) is 6.07 Å². The van der Waals surface area contributed by atoms with Crippen molar-refractivity contribution in [3.05, 3.63) is 28.8 Å². The summed E-state index contributed by atoms with van der Waals surface area (Å²) in [6, 6.07) is 0.813. The van der Waals surface area contributed by atoms with Crippen LogP contribution in [-0.4, -0.2) is 10.1 Å². The van der Waals surface area contributed by atoms with Crippen LogP contribution < -0.4 is 0 Å². The van der Waals surface area contributed by atoms with Gasteiger partial charge in [0.25, 0.3) is 6.43 Å². The molecule has 0 radical (unpaired) electrons. The molecule has 1 aromatic rings. The summed E-state index contributed by atoms with van der Waals surface area (Å²) in [5.41, 5.74) is -0.600. The normalized spacial score (nSPS) is 11.0. The molecule has 0 spiro atoms. The van der Waals surface area contributed by atoms with Crippen LogP contribution in [-0.2, 0) is 11.9 Å². The fourth-order valence-corrected chi connectivity index (χ4v) is 1.55. The van der Waals surface area contributed by atoms with E-state index in [0.29, 0.717) is 0 Å². The van der Waals surface area contributed by atoms with Gasteiger partial charge in [-0.3, -0.25) is 0 Å². The highest BCUT2D eigenvalue weighted by Gasteiger charge is 2.19. The number of halogens is 4. The Kier molecular flexibility index (Phi) is 3.88. The zero-order valence-electron chi connectivity index (χ0n) is 6.98. The average Bonchev–Trinajstić information content (AvgIpc) is 2.15. The minimum absolute atomic E-state index is 0.0252. The third kappa shape index (κ3) is 2.24. The quantitative estimate of drug-likeness (QED) is 0.676. The molecule has 1 aromatic heterocycles. The number of hydrogen-bond acceptors (Lipinski definition) is 2. The van der Waals surface area contributed by atoms with Crippen LogP contribution >= 0.6 is 15.9 Å². The maximum atomic E-state index is 12.8. The molecule has 0 saturated heterocycles. The Bertz CT molecular complexity index is 307. The van der Waals surface area contributed by atoms with Crippen molar-refractivity contribution in [2.75, 3.05) is 0 Å². The van der Waals surface area contributed by atoms with Gasteiger partial charge in [-0.25, -0.2) is 13.8 Å². The minimum atomic E-state index is -2.77. The molecule has 0 aliphatic carbocycles. The van der Waals surface area contributed by atoms with E-state index in [4.69, 9.17) is 5.11 Å². The molecule has 0 aromatic carbocycles. The van der Waals surface area contributed by atoms with Gasteiger partial charge in [-0.15, -0.1) is 0 Å². The molecule has 0 atom stereocenters. The number of aliphatic hydroxyl groups excluding tert-OH is 1. The Morgan fingerprint density at radius 1 is 1.50 bits per heavy atom. The number of aromatic nitrogens is 1. The Hall–Kier alpha value is -0.620. The first-order valence-electron chi connectivity index (χ1n) is 3.73. The van der Waals surface area contributed by atoms with E-state index in [-0.39, 0.29) is 16.6 Å². The molecule has 0 unspecified atom stereocenters. The van der Waals surface area contributed by atoms with E-state index in [9.17, 15) is 13.2 Å². The summed E-state index contributed by atoms with van der Waals surface area (Å²) in [7, 11) is 0. The Morgan fingerprint density at radius 2 is 2.14 bits per heavy atom. The number of pyridine rings is 1. The molecular formula is C8H7BrF3NO. The second kappa shape index (κ2) is 4.75. The molecule has 14 heavy (non-hydrogen) atoms. The summed E-state index contributed by atoms with van der Waals surface area (Å²) < 4.78 is 37.8. The van der Waals surface area contributed by atoms with E-state index >= 15 is 0 Å². The van der Waals surface area contributed by atoms with Gasteiger partial charge in [0.15, 0.2) is 0 Å². The van der Waals surface area contributed by atoms with Gasteiger partial charge in [0.05, 0.1) is 12.3 Å². The third-order valence-corrected chi connectivity index (χ3v) is 2.24. The molecule has 0 aliphatic heterocycles. The molecule has 78 valence electrons. The zero-order chi connectivity index (χ0) is 10.7. The highest BCUT2D eigenvalue weighted by molar-refractivity contribution is 9.08. The second-order valence-electron chi connectivity index (χ2n) is 2.56. The van der Waals surface area contributed by atoms with E-state index in [0.717, 1.165) is 6.07 Å². The number of hydrogen-bond donors (Lipinski definition) is 1. The highest BCUT2D eigenvalue weighted by atomic mass is 79.9. The molecule has 0 fully saturated rings. The van der Waals surface area contributed by atoms with E-state index in [1.54, 1.807) is 0 Å². The topological polar surface area (TPSA) is 33.1 Å². The van der Waals surface area contributed by atoms with Crippen molar-refractivity contribution in [1.82, 2.24) is 4.98 Å². The van der Waals surface area contributed by atoms with Gasteiger partial charge in [0, 0.05) is 10.9 Å². The average molecular weight is 270 g/mol. The Labute approximate surface area is 86.9 Å². The summed E-state index contributed by atoms with van der Waals surface area (Å²) in [6.45, 7) is -0.626. The van der Waals surface area contributed by atoms with Crippen molar-refractivity contribution < 1.29 is 18.3 Å². The maximum absolute atomic E-state index is 12.8. The number of nitrogens with zero attached hydrogens (tertiary/aromatic N) is 1. The van der Waals surface area contributed by atoms with Crippen LogP contribution in [0.2, 0.25) is 0 Å². The summed E-state index contributed by atoms with van der Waals surface area (Å²) in [6.07, 6.45) is -2.77. The van der Waals surface area contributed by atoms with Crippen molar-refractivity contribution in [1.29, 1.82) is 0 Å². The Balaban J connectivity index is 3.33. The minimum Gasteiger partial charge on any atom is -0.392 e. The van der Waals surface area contributed by atoms with Crippen molar-refractivity contribution in [2.45, 2.75) is 18.4 Å². The Morgan fingerprint density at radius 3 is 2.57 bits per heavy atom. The van der Waals surface area contributed by atoms with Gasteiger partial charge in [0.1, 0.15) is 0 Å². The second-order valence-corrected chi connectivity index (χ2v) is 3.12. The lowest BCUT2D eigenvalue weighted by molar-refractivity contribution is 0.145. The molecular weight excluding hydrogens is 263 g/mol. The number of rotatable bonds is 3. The van der Waals surface area contributed by atoms with Gasteiger partial charge in [-0.1, -0.05) is 15.9 Å². The van der Waals surface area contributed by atoms with Gasteiger partial charge in [-0.05, 0) is 11.6 Å². The van der Waals surface area contributed by atoms with Crippen molar-refractivity contribution in [2.24, 2.45) is 0 Å². The van der Waals surface area contributed by atoms with Crippen LogP contribution in [0.3, 0.4) is 0 Å². The highest BCUT2D eigenvalue weighted by Crippen LogP contribution is 2.27. The van der Waals surface area contributed by atoms with E-state index in [2.05, 4.69) is 20.9 Å². The summed E-state index contributed by atoms with van der Waals surface area (Å²) in [5.74, 6) is -0.868. The van der Waals surface area contributed by atoms with E-state index in [1.807, 2.05) is 0 Å². The lowest BCUT2D eigenvalue weighted by Crippen LogP contribution is -2.04. The first-order valence-corrected chi connectivity index (χ1v) is 4.85. The van der Waals surface area contributed by atoms with E-state index in [1.165, 1.54) is 0 Å². The fourth-order valence-electron chi connectivity index (χ4n) is 1.13. The molecule has 2 nitrogen and oxygen atoms in total. The summed E-state index contributed by atoms with van der Waals surface area (Å²) >= 11 is 2.93. The van der Waals surface area contributed by atoms with Crippen molar-refractivity contribution in [3.8, 4) is 0 Å². The van der Waals surface area contributed by atoms with Crippen LogP contribution in [0.4, 0.5) is 13.2 Å². The van der Waals surface area contributed by atoms with E-state index < -0.39 is 24.5 Å². The smallest absolute Gasteiger partial charge is 0.265 e. The molecule has 0 bridgehead atoms. The van der Waals surface area contributed by atoms with Crippen molar-refractivity contribution >= 4 is 15.9 Å². The molecule has 1 N–H and O–H groups in total. The molecule has 1 rings (SSSR count). The molecule has 0 saturated carbocycles. The lowest BCUT2D eigenvalue weighted by Gasteiger charge is -2.10. The summed E-state index contributed by atoms with van der Waals surface area (Å²) in [4.78, 5) is 3.32. The summed E-state index contributed by atoms with van der Waals surface area (Å²) in [5, 5.41) is 8.79. The predicted octanol–water partition coefficient (Wildman–Crippen LogP) is 2.55. The largest absolute Gasteiger partial charge is 0.392 e. The van der Waals surface area contributed by atoms with Gasteiger partial charge in [0.2, 0.25) is 5.95 Å². The van der Waals surface area contributed by atoms with Crippen LogP contribution in [0, 0.1) is 5.95 Å². The molecule has 1 heterocycles. The molecule has 6 heteroatoms. The first kappa shape index (κ1) is 11.5. The molecule has 0 amide bonds. The van der Waals surface area contributed by atoms with Crippen LogP contribution in [0.1, 0.15) is 23.2 Å². The van der Waals surface area contributed by atoms with Crippen molar-refractivity contribution in [3.63, 3.8) is 0 Å². The maximum Gasteiger partial charge on any atom is 0.265 e. The lowest BCUT2D eigenvalue weighted by atomic mass is 10.1. The number of aliphatic hydroxyl groups is 1. The SMILES string of the molecule is OCc1cc(F)nc(CBr)c1C(F)F. The monoisotopic (exact) mass is 269 g/mol. The van der Waals surface area contributed by atoms with Gasteiger partial charge in [-0.2, -0.15) is 4.39 Å². The number of alkyl halides is 3. The standard InChI is InChI=1S/C8H7BrF3NO/c9-2-5-7(8(11)12)4(3-14)1-6(10)13-5/h1,8,14H,2-3H2. The van der Waals surface area contributed by atoms with Gasteiger partial charge >= 0.3 is 0 Å². The van der Waals surface area contributed by atoms with Crippen LogP contribution in [0.25, 0.3) is 0 Å². The fraction of sp³-hybridized carbons (Fsp3) is 0.375.